The molecule has 0 radical (unpaired) electrons. The van der Waals surface area contributed by atoms with Gasteiger partial charge in [-0.1, -0.05) is 31.0 Å². The Labute approximate surface area is 161 Å². The number of hydrogen-bond acceptors (Lipinski definition) is 5. The van der Waals surface area contributed by atoms with Gasteiger partial charge in [-0.25, -0.2) is 0 Å². The normalized spacial score (nSPS) is 34.2. The molecule has 146 valence electrons. The largest absolute Gasteiger partial charge is 0.370 e. The molecule has 3 aliphatic heterocycles. The molecule has 4 atom stereocenters. The lowest BCUT2D eigenvalue weighted by Crippen LogP contribution is -2.54. The summed E-state index contributed by atoms with van der Waals surface area (Å²) >= 11 is 0. The van der Waals surface area contributed by atoms with E-state index in [-0.39, 0.29) is 30.2 Å². The number of para-hydroxylation sites is 1. The first kappa shape index (κ1) is 17.4. The number of carbonyl (C=O) groups is 4. The molecule has 3 fully saturated rings. The van der Waals surface area contributed by atoms with E-state index in [2.05, 4.69) is 10.6 Å². The number of nitrogens with one attached hydrogen (secondary N) is 2. The number of primary amides is 1. The summed E-state index contributed by atoms with van der Waals surface area (Å²) in [6, 6.07) is 6.40. The smallest absolute Gasteiger partial charge is 0.250 e. The Morgan fingerprint density at radius 1 is 1.14 bits per heavy atom. The van der Waals surface area contributed by atoms with E-state index >= 15 is 0 Å². The molecule has 2 saturated heterocycles. The Balaban J connectivity index is 1.64. The summed E-state index contributed by atoms with van der Waals surface area (Å²) in [5, 5.41) is 6.03. The van der Waals surface area contributed by atoms with Crippen molar-refractivity contribution in [2.45, 2.75) is 49.7 Å². The minimum atomic E-state index is -1.35. The number of carbonyl (C=O) groups excluding carboxylic acids is 4. The van der Waals surface area contributed by atoms with Crippen LogP contribution in [-0.2, 0) is 24.7 Å². The summed E-state index contributed by atoms with van der Waals surface area (Å²) in [4.78, 5) is 53.0. The van der Waals surface area contributed by atoms with Crippen LogP contribution in [0.25, 0.3) is 0 Å². The van der Waals surface area contributed by atoms with E-state index in [1.807, 2.05) is 0 Å². The van der Waals surface area contributed by atoms with Crippen LogP contribution in [0.3, 0.4) is 0 Å². The average molecular weight is 382 g/mol. The maximum Gasteiger partial charge on any atom is 0.250 e. The number of nitrogens with two attached hydrogens (primary N) is 1. The van der Waals surface area contributed by atoms with Crippen molar-refractivity contribution in [1.82, 2.24) is 10.2 Å². The molecule has 5 rings (SSSR count). The third kappa shape index (κ3) is 2.09. The van der Waals surface area contributed by atoms with Gasteiger partial charge >= 0.3 is 0 Å². The van der Waals surface area contributed by atoms with Crippen molar-refractivity contribution in [3.05, 3.63) is 29.8 Å². The highest BCUT2D eigenvalue weighted by Crippen LogP contribution is 2.54. The van der Waals surface area contributed by atoms with Crippen LogP contribution in [0.15, 0.2) is 24.3 Å². The molecule has 0 aromatic heterocycles. The van der Waals surface area contributed by atoms with Gasteiger partial charge in [-0.15, -0.1) is 0 Å². The van der Waals surface area contributed by atoms with E-state index < -0.39 is 29.3 Å². The minimum absolute atomic E-state index is 0.101. The van der Waals surface area contributed by atoms with Gasteiger partial charge in [0, 0.05) is 29.8 Å². The van der Waals surface area contributed by atoms with Crippen LogP contribution in [0.2, 0.25) is 0 Å². The monoisotopic (exact) mass is 382 g/mol. The summed E-state index contributed by atoms with van der Waals surface area (Å²) in [6.45, 7) is 0. The zero-order valence-corrected chi connectivity index (χ0v) is 15.3. The first-order valence-electron chi connectivity index (χ1n) is 9.79. The molecule has 28 heavy (non-hydrogen) atoms. The quantitative estimate of drug-likeness (QED) is 0.646. The number of benzene rings is 1. The standard InChI is InChI=1S/C20H22N4O4/c21-14(25)9-13-15-16(18(27)24(17(15)26)10-5-1-2-6-10)20(23-13)11-7-3-4-8-12(11)22-19(20)28/h3-4,7-8,10,13,15-16,23H,1-2,5-6,9H2,(H2,21,25)(H,22,28)/t13-,15+,16-,20+/m0/s1. The number of anilines is 1. The fraction of sp³-hybridized carbons (Fsp3) is 0.500. The Morgan fingerprint density at radius 2 is 1.86 bits per heavy atom. The van der Waals surface area contributed by atoms with Gasteiger partial charge in [-0.05, 0) is 18.9 Å². The molecule has 1 aromatic carbocycles. The van der Waals surface area contributed by atoms with Crippen LogP contribution in [0, 0.1) is 11.8 Å². The Morgan fingerprint density at radius 3 is 2.57 bits per heavy atom. The number of hydrogen-bond donors (Lipinski definition) is 3. The topological polar surface area (TPSA) is 122 Å². The van der Waals surface area contributed by atoms with Crippen LogP contribution in [0.5, 0.6) is 0 Å². The SMILES string of the molecule is NC(=O)C[C@@H]1N[C@@]2(C(=O)Nc3ccccc32)[C@@H]2C(=O)N(C3CCCC3)C(=O)[C@H]12. The minimum Gasteiger partial charge on any atom is -0.370 e. The van der Waals surface area contributed by atoms with Gasteiger partial charge < -0.3 is 11.1 Å². The first-order chi connectivity index (χ1) is 13.4. The maximum absolute atomic E-state index is 13.5. The molecular formula is C20H22N4O4. The van der Waals surface area contributed by atoms with Crippen molar-refractivity contribution in [1.29, 1.82) is 0 Å². The fourth-order valence-electron chi connectivity index (χ4n) is 5.69. The van der Waals surface area contributed by atoms with Gasteiger partial charge in [0.2, 0.25) is 23.6 Å². The van der Waals surface area contributed by atoms with Crippen molar-refractivity contribution in [2.75, 3.05) is 5.32 Å². The zero-order valence-electron chi connectivity index (χ0n) is 15.3. The third-order valence-electron chi connectivity index (χ3n) is 6.77. The molecule has 8 heteroatoms. The van der Waals surface area contributed by atoms with E-state index in [4.69, 9.17) is 5.73 Å². The predicted octanol–water partition coefficient (Wildman–Crippen LogP) is 0.225. The highest BCUT2D eigenvalue weighted by Gasteiger charge is 2.71. The van der Waals surface area contributed by atoms with E-state index in [0.29, 0.717) is 11.3 Å². The summed E-state index contributed by atoms with van der Waals surface area (Å²) in [7, 11) is 0. The number of imide groups is 1. The molecule has 4 amide bonds. The van der Waals surface area contributed by atoms with Crippen molar-refractivity contribution < 1.29 is 19.2 Å². The molecule has 1 saturated carbocycles. The van der Waals surface area contributed by atoms with E-state index in [0.717, 1.165) is 25.7 Å². The first-order valence-corrected chi connectivity index (χ1v) is 9.79. The lowest BCUT2D eigenvalue weighted by molar-refractivity contribution is -0.145. The van der Waals surface area contributed by atoms with E-state index in [9.17, 15) is 19.2 Å². The van der Waals surface area contributed by atoms with Crippen LogP contribution in [-0.4, -0.2) is 40.6 Å². The Bertz CT molecular complexity index is 909. The molecule has 1 spiro atoms. The van der Waals surface area contributed by atoms with E-state index in [1.165, 1.54) is 4.90 Å². The van der Waals surface area contributed by atoms with Crippen LogP contribution in [0.1, 0.15) is 37.7 Å². The van der Waals surface area contributed by atoms with Crippen molar-refractivity contribution in [3.63, 3.8) is 0 Å². The average Bonchev–Trinajstić information content (AvgIpc) is 3.37. The molecule has 0 unspecified atom stereocenters. The molecular weight excluding hydrogens is 360 g/mol. The Kier molecular flexibility index (Phi) is 3.64. The Hall–Kier alpha value is -2.74. The molecule has 4 aliphatic rings. The van der Waals surface area contributed by atoms with Crippen molar-refractivity contribution in [2.24, 2.45) is 17.6 Å². The molecule has 3 heterocycles. The van der Waals surface area contributed by atoms with Gasteiger partial charge in [-0.2, -0.15) is 0 Å². The summed E-state index contributed by atoms with van der Waals surface area (Å²) in [6.07, 6.45) is 3.44. The summed E-state index contributed by atoms with van der Waals surface area (Å²) < 4.78 is 0. The van der Waals surface area contributed by atoms with Crippen molar-refractivity contribution >= 4 is 29.3 Å². The van der Waals surface area contributed by atoms with Crippen LogP contribution >= 0.6 is 0 Å². The second-order valence-corrected chi connectivity index (χ2v) is 8.22. The molecule has 8 nitrogen and oxygen atoms in total. The zero-order chi connectivity index (χ0) is 19.6. The lowest BCUT2D eigenvalue weighted by Gasteiger charge is -2.31. The van der Waals surface area contributed by atoms with Crippen LogP contribution in [0.4, 0.5) is 5.69 Å². The van der Waals surface area contributed by atoms with Gasteiger partial charge in [0.25, 0.3) is 0 Å². The molecule has 4 N–H and O–H groups in total. The molecule has 1 aromatic rings. The van der Waals surface area contributed by atoms with E-state index in [1.54, 1.807) is 24.3 Å². The fourth-order valence-corrected chi connectivity index (χ4v) is 5.69. The molecule has 0 bridgehead atoms. The van der Waals surface area contributed by atoms with Gasteiger partial charge in [0.05, 0.1) is 11.8 Å². The maximum atomic E-state index is 13.5. The van der Waals surface area contributed by atoms with Gasteiger partial charge in [-0.3, -0.25) is 29.4 Å². The second kappa shape index (κ2) is 5.88. The third-order valence-corrected chi connectivity index (χ3v) is 6.77. The number of amides is 4. The number of nitrogens with zero attached hydrogens (tertiary/aromatic N) is 1. The summed E-state index contributed by atoms with van der Waals surface area (Å²) in [5.41, 5.74) is 5.35. The number of rotatable bonds is 3. The second-order valence-electron chi connectivity index (χ2n) is 8.22. The van der Waals surface area contributed by atoms with Gasteiger partial charge in [0.15, 0.2) is 0 Å². The van der Waals surface area contributed by atoms with Gasteiger partial charge in [0.1, 0.15) is 5.54 Å². The summed E-state index contributed by atoms with van der Waals surface area (Å²) in [5.74, 6) is -3.15. The van der Waals surface area contributed by atoms with Crippen molar-refractivity contribution in [3.8, 4) is 0 Å². The highest BCUT2D eigenvalue weighted by atomic mass is 16.2. The predicted molar refractivity (Wildman–Crippen MR) is 98.6 cm³/mol. The number of fused-ring (bicyclic) bond motifs is 4. The number of likely N-dealkylation sites (tertiary alicyclic amines) is 1. The molecule has 1 aliphatic carbocycles. The lowest BCUT2D eigenvalue weighted by atomic mass is 9.76. The van der Waals surface area contributed by atoms with Crippen LogP contribution < -0.4 is 16.4 Å². The highest BCUT2D eigenvalue weighted by molar-refractivity contribution is 6.15.